The molecule has 3 amide bonds. The van der Waals surface area contributed by atoms with E-state index in [1.165, 1.54) is 4.90 Å². The highest BCUT2D eigenvalue weighted by Crippen LogP contribution is 2.39. The Hall–Kier alpha value is -4.19. The van der Waals surface area contributed by atoms with Crippen LogP contribution in [0.2, 0.25) is 0 Å². The summed E-state index contributed by atoms with van der Waals surface area (Å²) in [5.74, 6) is -0.324. The predicted octanol–water partition coefficient (Wildman–Crippen LogP) is 5.33. The monoisotopic (exact) mass is 425 g/mol. The summed E-state index contributed by atoms with van der Waals surface area (Å²) in [4.78, 5) is 30.1. The Bertz CT molecular complexity index is 1190. The minimum atomic E-state index is -0.782. The molecule has 3 aromatic rings. The van der Waals surface area contributed by atoms with Gasteiger partial charge in [-0.15, -0.1) is 6.58 Å². The summed E-state index contributed by atoms with van der Waals surface area (Å²) in [5.41, 5.74) is 3.93. The summed E-state index contributed by atoms with van der Waals surface area (Å²) in [5, 5.41) is 12.2. The van der Waals surface area contributed by atoms with E-state index in [-0.39, 0.29) is 5.91 Å². The quantitative estimate of drug-likeness (QED) is 0.191. The molecule has 160 valence electrons. The maximum absolute atomic E-state index is 13.7. The van der Waals surface area contributed by atoms with Crippen LogP contribution in [0, 0.1) is 0 Å². The van der Waals surface area contributed by atoms with Gasteiger partial charge in [0, 0.05) is 0 Å². The molecule has 0 spiro atoms. The Morgan fingerprint density at radius 1 is 1.00 bits per heavy atom. The van der Waals surface area contributed by atoms with Gasteiger partial charge in [0.2, 0.25) is 0 Å². The molecule has 0 radical (unpaired) electrons. The number of carbonyl (C=O) groups is 2. The Morgan fingerprint density at radius 2 is 1.66 bits per heavy atom. The largest absolute Gasteiger partial charge is 0.411 e. The number of allylic oxidation sites excluding steroid dienone is 1. The van der Waals surface area contributed by atoms with Crippen LogP contribution in [-0.2, 0) is 11.2 Å². The van der Waals surface area contributed by atoms with Crippen molar-refractivity contribution in [2.75, 3.05) is 9.80 Å². The van der Waals surface area contributed by atoms with Gasteiger partial charge in [0.25, 0.3) is 5.91 Å². The molecule has 6 nitrogen and oxygen atoms in total. The van der Waals surface area contributed by atoms with Gasteiger partial charge in [0.15, 0.2) is 0 Å². The highest BCUT2D eigenvalue weighted by atomic mass is 16.4. The number of nitrogens with zero attached hydrogens (tertiary/aromatic N) is 3. The molecular formula is C26H23N3O3. The first-order valence-corrected chi connectivity index (χ1v) is 10.3. The lowest BCUT2D eigenvalue weighted by atomic mass is 10.0. The van der Waals surface area contributed by atoms with E-state index in [9.17, 15) is 9.59 Å². The third-order valence-corrected chi connectivity index (χ3v) is 5.53. The lowest BCUT2D eigenvalue weighted by molar-refractivity contribution is -0.118. The number of urea groups is 1. The zero-order valence-electron chi connectivity index (χ0n) is 17.7. The van der Waals surface area contributed by atoms with E-state index in [4.69, 9.17) is 5.21 Å². The maximum Gasteiger partial charge on any atom is 0.336 e. The molecule has 1 aliphatic heterocycles. The van der Waals surface area contributed by atoms with Gasteiger partial charge in [-0.05, 0) is 48.2 Å². The lowest BCUT2D eigenvalue weighted by Gasteiger charge is -2.24. The summed E-state index contributed by atoms with van der Waals surface area (Å²) < 4.78 is 0. The molecule has 1 saturated heterocycles. The summed E-state index contributed by atoms with van der Waals surface area (Å²) in [6.07, 6.45) is 2.35. The van der Waals surface area contributed by atoms with Crippen molar-refractivity contribution >= 4 is 29.0 Å². The Kier molecular flexibility index (Phi) is 5.85. The number of hydrogen-bond acceptors (Lipinski definition) is 4. The molecule has 1 unspecified atom stereocenters. The van der Waals surface area contributed by atoms with E-state index in [0.29, 0.717) is 29.1 Å². The van der Waals surface area contributed by atoms with Gasteiger partial charge in [0.05, 0.1) is 17.1 Å². The number of benzene rings is 3. The van der Waals surface area contributed by atoms with Crippen molar-refractivity contribution in [1.82, 2.24) is 0 Å². The molecule has 4 rings (SSSR count). The van der Waals surface area contributed by atoms with Crippen LogP contribution in [0.3, 0.4) is 0 Å². The van der Waals surface area contributed by atoms with E-state index >= 15 is 0 Å². The van der Waals surface area contributed by atoms with Crippen LogP contribution in [0.4, 0.5) is 16.2 Å². The average molecular weight is 425 g/mol. The molecule has 6 heteroatoms. The summed E-state index contributed by atoms with van der Waals surface area (Å²) in [7, 11) is 0. The number of para-hydroxylation sites is 1. The van der Waals surface area contributed by atoms with Crippen LogP contribution in [0.15, 0.2) is 96.7 Å². The molecule has 0 saturated carbocycles. The van der Waals surface area contributed by atoms with Crippen molar-refractivity contribution in [3.05, 3.63) is 108 Å². The van der Waals surface area contributed by atoms with Crippen molar-refractivity contribution in [3.63, 3.8) is 0 Å². The summed E-state index contributed by atoms with van der Waals surface area (Å²) in [6, 6.07) is 22.5. The van der Waals surface area contributed by atoms with Crippen LogP contribution in [0.25, 0.3) is 0 Å². The second kappa shape index (κ2) is 8.89. The normalized spacial score (nSPS) is 16.5. The standard InChI is InChI=1S/C26H23N3O3/c1-3-9-20-10-7-8-13-23(20)29-24(21-11-5-4-6-12-21)25(30)28(26(29)31)22-16-14-19(15-17-22)18(2)27-32/h3-8,10-17,24,32H,1,9H2,2H3. The fourth-order valence-corrected chi connectivity index (χ4v) is 3.94. The van der Waals surface area contributed by atoms with E-state index in [1.807, 2.05) is 54.6 Å². The van der Waals surface area contributed by atoms with Gasteiger partial charge in [0.1, 0.15) is 6.04 Å². The maximum atomic E-state index is 13.7. The first-order valence-electron chi connectivity index (χ1n) is 10.3. The van der Waals surface area contributed by atoms with Crippen molar-refractivity contribution in [3.8, 4) is 0 Å². The van der Waals surface area contributed by atoms with Gasteiger partial charge >= 0.3 is 6.03 Å². The Balaban J connectivity index is 1.83. The molecule has 3 aromatic carbocycles. The van der Waals surface area contributed by atoms with Crippen LogP contribution in [-0.4, -0.2) is 22.9 Å². The molecule has 0 aromatic heterocycles. The van der Waals surface area contributed by atoms with Crippen molar-refractivity contribution < 1.29 is 14.8 Å². The van der Waals surface area contributed by atoms with Crippen molar-refractivity contribution in [2.24, 2.45) is 5.16 Å². The highest BCUT2D eigenvalue weighted by molar-refractivity contribution is 6.28. The third kappa shape index (κ3) is 3.67. The summed E-state index contributed by atoms with van der Waals surface area (Å²) in [6.45, 7) is 5.49. The van der Waals surface area contributed by atoms with E-state index in [1.54, 1.807) is 42.2 Å². The van der Waals surface area contributed by atoms with Gasteiger partial charge < -0.3 is 5.21 Å². The fraction of sp³-hybridized carbons (Fsp3) is 0.115. The number of amides is 3. The number of hydrogen-bond donors (Lipinski definition) is 1. The minimum absolute atomic E-state index is 0.324. The highest BCUT2D eigenvalue weighted by Gasteiger charge is 2.48. The topological polar surface area (TPSA) is 73.2 Å². The van der Waals surface area contributed by atoms with Crippen molar-refractivity contribution in [1.29, 1.82) is 0 Å². The average Bonchev–Trinajstić information content (AvgIpc) is 3.09. The zero-order valence-corrected chi connectivity index (χ0v) is 17.7. The molecule has 1 aliphatic rings. The van der Waals surface area contributed by atoms with E-state index in [0.717, 1.165) is 11.1 Å². The first kappa shape index (κ1) is 21.1. The number of carbonyl (C=O) groups excluding carboxylic acids is 2. The van der Waals surface area contributed by atoms with Crippen LogP contribution >= 0.6 is 0 Å². The third-order valence-electron chi connectivity index (χ3n) is 5.53. The Morgan fingerprint density at radius 3 is 2.31 bits per heavy atom. The van der Waals surface area contributed by atoms with Crippen LogP contribution in [0.5, 0.6) is 0 Å². The second-order valence-electron chi connectivity index (χ2n) is 7.49. The van der Waals surface area contributed by atoms with Gasteiger partial charge in [-0.3, -0.25) is 9.69 Å². The van der Waals surface area contributed by atoms with Crippen LogP contribution < -0.4 is 9.80 Å². The molecule has 32 heavy (non-hydrogen) atoms. The molecule has 1 N–H and O–H groups in total. The number of rotatable bonds is 6. The SMILES string of the molecule is C=CCc1ccccc1N1C(=O)N(c2ccc(C(C)=NO)cc2)C(=O)C1c1ccccc1. The summed E-state index contributed by atoms with van der Waals surface area (Å²) >= 11 is 0. The smallest absolute Gasteiger partial charge is 0.336 e. The minimum Gasteiger partial charge on any atom is -0.411 e. The van der Waals surface area contributed by atoms with E-state index in [2.05, 4.69) is 11.7 Å². The number of imide groups is 1. The second-order valence-corrected chi connectivity index (χ2v) is 7.49. The molecule has 0 aliphatic carbocycles. The Labute approximate surface area is 186 Å². The number of anilines is 2. The molecule has 1 atom stereocenters. The molecular weight excluding hydrogens is 402 g/mol. The first-order chi connectivity index (χ1) is 15.6. The molecule has 0 bridgehead atoms. The fourth-order valence-electron chi connectivity index (χ4n) is 3.94. The molecule has 1 heterocycles. The van der Waals surface area contributed by atoms with Gasteiger partial charge in [-0.2, -0.15) is 0 Å². The van der Waals surface area contributed by atoms with Gasteiger partial charge in [-0.25, -0.2) is 9.69 Å². The molecule has 1 fully saturated rings. The van der Waals surface area contributed by atoms with Crippen LogP contribution in [0.1, 0.15) is 29.7 Å². The zero-order chi connectivity index (χ0) is 22.7. The van der Waals surface area contributed by atoms with Crippen molar-refractivity contribution in [2.45, 2.75) is 19.4 Å². The van der Waals surface area contributed by atoms with E-state index < -0.39 is 12.1 Å². The van der Waals surface area contributed by atoms with Gasteiger partial charge in [-0.1, -0.05) is 71.9 Å². The lowest BCUT2D eigenvalue weighted by Crippen LogP contribution is -2.33. The number of oxime groups is 1. The predicted molar refractivity (Wildman–Crippen MR) is 125 cm³/mol.